The van der Waals surface area contributed by atoms with E-state index in [0.29, 0.717) is 39.7 Å². The zero-order valence-corrected chi connectivity index (χ0v) is 19.4. The maximum absolute atomic E-state index is 15.0. The lowest BCUT2D eigenvalue weighted by Crippen LogP contribution is -2.02. The van der Waals surface area contributed by atoms with Crippen LogP contribution < -0.4 is 9.47 Å². The Kier molecular flexibility index (Phi) is 5.28. The largest absolute Gasteiger partial charge is 0.493 e. The normalized spacial score (nSPS) is 16.8. The minimum atomic E-state index is -0.944. The van der Waals surface area contributed by atoms with Crippen molar-refractivity contribution in [3.8, 4) is 28.8 Å². The fraction of sp³-hybridized carbons (Fsp3) is 0.192. The standard InChI is InChI=1S/C26H20F2N6O2/c1-35-22-9-19-20(10-23(22)36-2)34(13-33-19)21-7-14(6-18(27)24(21)28)16-8-17(16)15-11-31-26(32-12-15)25-29-4-3-5-30-25/h3-7,9-13,16-17H,8H2,1-2H3/t16-,17+/m0/s1. The second-order valence-electron chi connectivity index (χ2n) is 8.51. The molecule has 8 nitrogen and oxygen atoms in total. The third-order valence-electron chi connectivity index (χ3n) is 6.43. The maximum atomic E-state index is 15.0. The van der Waals surface area contributed by atoms with Gasteiger partial charge in [-0.05, 0) is 47.6 Å². The molecule has 1 fully saturated rings. The summed E-state index contributed by atoms with van der Waals surface area (Å²) in [6.07, 6.45) is 9.00. The van der Waals surface area contributed by atoms with Crippen molar-refractivity contribution >= 4 is 11.0 Å². The van der Waals surface area contributed by atoms with Crippen molar-refractivity contribution in [2.24, 2.45) is 0 Å². The van der Waals surface area contributed by atoms with Gasteiger partial charge in [-0.1, -0.05) is 0 Å². The fourth-order valence-corrected chi connectivity index (χ4v) is 4.50. The molecule has 10 heteroatoms. The van der Waals surface area contributed by atoms with E-state index in [4.69, 9.17) is 9.47 Å². The van der Waals surface area contributed by atoms with Gasteiger partial charge in [0.25, 0.3) is 0 Å². The molecule has 3 aromatic heterocycles. The molecule has 0 N–H and O–H groups in total. The van der Waals surface area contributed by atoms with E-state index in [1.54, 1.807) is 49.1 Å². The van der Waals surface area contributed by atoms with Crippen LogP contribution in [-0.2, 0) is 0 Å². The average molecular weight is 486 g/mol. The van der Waals surface area contributed by atoms with Crippen LogP contribution >= 0.6 is 0 Å². The van der Waals surface area contributed by atoms with E-state index in [-0.39, 0.29) is 17.5 Å². The molecule has 5 aromatic rings. The first-order valence-corrected chi connectivity index (χ1v) is 11.2. The molecule has 0 radical (unpaired) electrons. The van der Waals surface area contributed by atoms with E-state index in [1.807, 2.05) is 0 Å². The quantitative estimate of drug-likeness (QED) is 0.339. The summed E-state index contributed by atoms with van der Waals surface area (Å²) in [5.41, 5.74) is 2.85. The highest BCUT2D eigenvalue weighted by molar-refractivity contribution is 5.81. The van der Waals surface area contributed by atoms with Crippen LogP contribution in [0.3, 0.4) is 0 Å². The van der Waals surface area contributed by atoms with Crippen molar-refractivity contribution in [2.75, 3.05) is 14.2 Å². The van der Waals surface area contributed by atoms with E-state index in [1.165, 1.54) is 31.2 Å². The summed E-state index contributed by atoms with van der Waals surface area (Å²) in [6.45, 7) is 0. The van der Waals surface area contributed by atoms with Gasteiger partial charge in [-0.15, -0.1) is 0 Å². The predicted molar refractivity (Wildman–Crippen MR) is 127 cm³/mol. The number of hydrogen-bond donors (Lipinski definition) is 0. The molecule has 36 heavy (non-hydrogen) atoms. The number of nitrogens with zero attached hydrogens (tertiary/aromatic N) is 6. The topological polar surface area (TPSA) is 87.8 Å². The summed E-state index contributed by atoms with van der Waals surface area (Å²) in [5, 5.41) is 0. The summed E-state index contributed by atoms with van der Waals surface area (Å²) in [6, 6.07) is 8.06. The molecule has 0 bridgehead atoms. The Balaban J connectivity index is 1.32. The van der Waals surface area contributed by atoms with Gasteiger partial charge >= 0.3 is 0 Å². The zero-order chi connectivity index (χ0) is 24.8. The summed E-state index contributed by atoms with van der Waals surface area (Å²) in [7, 11) is 3.04. The van der Waals surface area contributed by atoms with E-state index in [0.717, 1.165) is 12.0 Å². The van der Waals surface area contributed by atoms with Gasteiger partial charge in [-0.2, -0.15) is 0 Å². The van der Waals surface area contributed by atoms with E-state index >= 15 is 0 Å². The second kappa shape index (κ2) is 8.63. The van der Waals surface area contributed by atoms with Crippen molar-refractivity contribution < 1.29 is 18.3 Å². The van der Waals surface area contributed by atoms with Gasteiger partial charge in [-0.25, -0.2) is 33.7 Å². The molecule has 0 aliphatic heterocycles. The molecule has 0 unspecified atom stereocenters. The minimum Gasteiger partial charge on any atom is -0.493 e. The van der Waals surface area contributed by atoms with Gasteiger partial charge in [0, 0.05) is 36.9 Å². The number of benzene rings is 2. The lowest BCUT2D eigenvalue weighted by Gasteiger charge is -2.12. The molecule has 1 aliphatic carbocycles. The predicted octanol–water partition coefficient (Wildman–Crippen LogP) is 4.84. The van der Waals surface area contributed by atoms with E-state index < -0.39 is 11.6 Å². The zero-order valence-electron chi connectivity index (χ0n) is 19.4. The van der Waals surface area contributed by atoms with Crippen LogP contribution in [0.25, 0.3) is 28.4 Å². The third kappa shape index (κ3) is 3.71. The molecule has 2 aromatic carbocycles. The minimum absolute atomic E-state index is 0.0192. The van der Waals surface area contributed by atoms with Crippen LogP contribution in [-0.4, -0.2) is 43.7 Å². The highest BCUT2D eigenvalue weighted by Crippen LogP contribution is 2.55. The van der Waals surface area contributed by atoms with Gasteiger partial charge in [0.2, 0.25) is 0 Å². The van der Waals surface area contributed by atoms with Gasteiger partial charge in [0.15, 0.2) is 34.8 Å². The van der Waals surface area contributed by atoms with Crippen LogP contribution in [0, 0.1) is 11.6 Å². The highest BCUT2D eigenvalue weighted by Gasteiger charge is 2.41. The van der Waals surface area contributed by atoms with E-state index in [2.05, 4.69) is 24.9 Å². The molecule has 6 rings (SSSR count). The summed E-state index contributed by atoms with van der Waals surface area (Å²) >= 11 is 0. The molecule has 0 saturated heterocycles. The molecule has 2 atom stereocenters. The van der Waals surface area contributed by atoms with Gasteiger partial charge in [0.05, 0.1) is 30.9 Å². The Hall–Kier alpha value is -4.47. The molecule has 0 amide bonds. The number of fused-ring (bicyclic) bond motifs is 1. The Labute approximate surface area is 204 Å². The van der Waals surface area contributed by atoms with Crippen molar-refractivity contribution in [3.63, 3.8) is 0 Å². The highest BCUT2D eigenvalue weighted by atomic mass is 19.2. The van der Waals surface area contributed by atoms with Crippen LogP contribution in [0.15, 0.2) is 61.4 Å². The number of imidazole rings is 1. The Bertz CT molecular complexity index is 1570. The maximum Gasteiger partial charge on any atom is 0.197 e. The molecule has 1 saturated carbocycles. The second-order valence-corrected chi connectivity index (χ2v) is 8.51. The first kappa shape index (κ1) is 22.0. The average Bonchev–Trinajstić information content (AvgIpc) is 3.62. The van der Waals surface area contributed by atoms with E-state index in [9.17, 15) is 8.78 Å². The number of rotatable bonds is 6. The Morgan fingerprint density at radius 2 is 1.47 bits per heavy atom. The lowest BCUT2D eigenvalue weighted by atomic mass is 10.0. The van der Waals surface area contributed by atoms with Crippen LogP contribution in [0.2, 0.25) is 0 Å². The van der Waals surface area contributed by atoms with Crippen molar-refractivity contribution in [2.45, 2.75) is 18.3 Å². The summed E-state index contributed by atoms with van der Waals surface area (Å²) in [5.74, 6) is 0.125. The third-order valence-corrected chi connectivity index (χ3v) is 6.43. The van der Waals surface area contributed by atoms with Gasteiger partial charge < -0.3 is 9.47 Å². The SMILES string of the molecule is COc1cc2ncn(-c3cc([C@@H]4C[C@@H]4c4cnc(-c5ncccn5)nc4)cc(F)c3F)c2cc1OC. The van der Waals surface area contributed by atoms with Crippen molar-refractivity contribution in [1.82, 2.24) is 29.5 Å². The molecule has 0 spiro atoms. The lowest BCUT2D eigenvalue weighted by molar-refractivity contribution is 0.355. The number of aromatic nitrogens is 6. The van der Waals surface area contributed by atoms with Gasteiger partial charge in [-0.3, -0.25) is 4.57 Å². The number of methoxy groups -OCH3 is 2. The molecular formula is C26H20F2N6O2. The number of halogens is 2. The Morgan fingerprint density at radius 3 is 2.19 bits per heavy atom. The van der Waals surface area contributed by atoms with Crippen LogP contribution in [0.5, 0.6) is 11.5 Å². The monoisotopic (exact) mass is 486 g/mol. The van der Waals surface area contributed by atoms with Crippen molar-refractivity contribution in [3.05, 3.63) is 84.2 Å². The molecular weight excluding hydrogens is 466 g/mol. The summed E-state index contributed by atoms with van der Waals surface area (Å²) < 4.78 is 42.0. The van der Waals surface area contributed by atoms with Crippen molar-refractivity contribution in [1.29, 1.82) is 0 Å². The number of hydrogen-bond acceptors (Lipinski definition) is 7. The molecule has 1 aliphatic rings. The molecule has 3 heterocycles. The first-order chi connectivity index (χ1) is 17.6. The molecule has 180 valence electrons. The Morgan fingerprint density at radius 1 is 0.806 bits per heavy atom. The van der Waals surface area contributed by atoms with Crippen LogP contribution in [0.1, 0.15) is 29.4 Å². The number of ether oxygens (including phenoxy) is 2. The smallest absolute Gasteiger partial charge is 0.197 e. The first-order valence-electron chi connectivity index (χ1n) is 11.2. The van der Waals surface area contributed by atoms with Gasteiger partial charge in [0.1, 0.15) is 6.33 Å². The van der Waals surface area contributed by atoms with Crippen LogP contribution in [0.4, 0.5) is 8.78 Å². The fourth-order valence-electron chi connectivity index (χ4n) is 4.50. The summed E-state index contributed by atoms with van der Waals surface area (Å²) in [4.78, 5) is 21.4.